The monoisotopic (exact) mass is 335 g/mol. The lowest BCUT2D eigenvalue weighted by Crippen LogP contribution is -2.29. The number of rotatable bonds is 3. The molecule has 6 heteroatoms. The third-order valence-corrected chi connectivity index (χ3v) is 4.82. The molecule has 0 atom stereocenters. The Hall–Kier alpha value is -3.02. The van der Waals surface area contributed by atoms with E-state index in [1.807, 2.05) is 6.20 Å². The van der Waals surface area contributed by atoms with E-state index in [2.05, 4.69) is 4.98 Å². The maximum atomic E-state index is 14.3. The third kappa shape index (κ3) is 2.17. The van der Waals surface area contributed by atoms with Gasteiger partial charge in [-0.2, -0.15) is 0 Å². The van der Waals surface area contributed by atoms with Gasteiger partial charge in [-0.15, -0.1) is 0 Å². The first-order chi connectivity index (χ1) is 12.1. The van der Waals surface area contributed by atoms with Gasteiger partial charge in [0.1, 0.15) is 0 Å². The van der Waals surface area contributed by atoms with Gasteiger partial charge in [0, 0.05) is 12.4 Å². The number of carbonyl (C=O) groups is 2. The number of carbonyl (C=O) groups excluding carboxylic acids is 2. The molecule has 0 radical (unpaired) electrons. The maximum Gasteiger partial charge on any atom is 0.261 e. The van der Waals surface area contributed by atoms with Gasteiger partial charge in [0.25, 0.3) is 11.8 Å². The zero-order valence-corrected chi connectivity index (χ0v) is 13.3. The van der Waals surface area contributed by atoms with Gasteiger partial charge in [0.05, 0.1) is 23.4 Å². The van der Waals surface area contributed by atoms with E-state index in [0.717, 1.165) is 23.3 Å². The van der Waals surface area contributed by atoms with Gasteiger partial charge in [-0.3, -0.25) is 14.5 Å². The van der Waals surface area contributed by atoms with Crippen LogP contribution in [-0.4, -0.2) is 26.1 Å². The molecule has 5 rings (SSSR count). The molecule has 3 heterocycles. The van der Waals surface area contributed by atoms with Crippen LogP contribution in [0, 0.1) is 5.82 Å². The summed E-state index contributed by atoms with van der Waals surface area (Å²) in [5, 5.41) is 0. The van der Waals surface area contributed by atoms with Crippen molar-refractivity contribution in [1.29, 1.82) is 0 Å². The van der Waals surface area contributed by atoms with Crippen molar-refractivity contribution in [2.75, 3.05) is 0 Å². The summed E-state index contributed by atoms with van der Waals surface area (Å²) in [5.74, 6) is -0.618. The molecule has 2 aromatic heterocycles. The molecule has 2 amide bonds. The van der Waals surface area contributed by atoms with Gasteiger partial charge in [0.15, 0.2) is 11.5 Å². The first kappa shape index (κ1) is 14.3. The highest BCUT2D eigenvalue weighted by molar-refractivity contribution is 6.21. The van der Waals surface area contributed by atoms with Crippen molar-refractivity contribution >= 4 is 17.5 Å². The number of hydrogen-bond acceptors (Lipinski definition) is 3. The van der Waals surface area contributed by atoms with E-state index in [1.165, 1.54) is 6.07 Å². The van der Waals surface area contributed by atoms with Gasteiger partial charge in [-0.25, -0.2) is 9.37 Å². The second-order valence-corrected chi connectivity index (χ2v) is 6.60. The second-order valence-electron chi connectivity index (χ2n) is 6.60. The van der Waals surface area contributed by atoms with E-state index in [4.69, 9.17) is 0 Å². The Morgan fingerprint density at radius 3 is 2.40 bits per heavy atom. The number of imide groups is 1. The number of fused-ring (bicyclic) bond motifs is 2. The zero-order chi connectivity index (χ0) is 17.1. The lowest BCUT2D eigenvalue weighted by atomic mass is 10.1. The van der Waals surface area contributed by atoms with E-state index in [0.29, 0.717) is 22.7 Å². The van der Waals surface area contributed by atoms with E-state index in [1.54, 1.807) is 34.9 Å². The number of pyridine rings is 1. The Labute approximate surface area is 142 Å². The molecule has 0 spiro atoms. The van der Waals surface area contributed by atoms with Gasteiger partial charge >= 0.3 is 0 Å². The summed E-state index contributed by atoms with van der Waals surface area (Å²) in [6.45, 7) is 0.0340. The van der Waals surface area contributed by atoms with Gasteiger partial charge in [-0.05, 0) is 42.5 Å². The molecule has 3 aromatic rings. The van der Waals surface area contributed by atoms with Crippen LogP contribution in [0.1, 0.15) is 50.7 Å². The predicted molar refractivity (Wildman–Crippen MR) is 87.8 cm³/mol. The van der Waals surface area contributed by atoms with Crippen LogP contribution in [0.3, 0.4) is 0 Å². The Balaban J connectivity index is 1.50. The molecule has 25 heavy (non-hydrogen) atoms. The summed E-state index contributed by atoms with van der Waals surface area (Å²) in [6, 6.07) is 8.27. The first-order valence-corrected chi connectivity index (χ1v) is 8.24. The fraction of sp³-hybridized carbons (Fsp3) is 0.211. The van der Waals surface area contributed by atoms with Crippen LogP contribution in [0.25, 0.3) is 5.65 Å². The highest BCUT2D eigenvalue weighted by Gasteiger charge is 2.35. The standard InChI is InChI=1S/C19H14FN3O2/c20-16-7-12(11-5-6-11)8-22-9-13(21-17(16)22)10-23-18(24)14-3-1-2-4-15(14)19(23)25/h1-4,7-9,11H,5-6,10H2. The minimum atomic E-state index is -0.377. The molecule has 1 fully saturated rings. The topological polar surface area (TPSA) is 54.7 Å². The van der Waals surface area contributed by atoms with Crippen LogP contribution in [-0.2, 0) is 6.54 Å². The van der Waals surface area contributed by atoms with Crippen LogP contribution < -0.4 is 0 Å². The Morgan fingerprint density at radius 1 is 1.08 bits per heavy atom. The lowest BCUT2D eigenvalue weighted by Gasteiger charge is -2.11. The SMILES string of the molecule is O=C1c2ccccc2C(=O)N1Cc1cn2cc(C3CC3)cc(F)c2n1. The van der Waals surface area contributed by atoms with Crippen molar-refractivity contribution in [2.24, 2.45) is 0 Å². The van der Waals surface area contributed by atoms with Crippen LogP contribution in [0.2, 0.25) is 0 Å². The first-order valence-electron chi connectivity index (χ1n) is 8.24. The van der Waals surface area contributed by atoms with Crippen molar-refractivity contribution in [3.05, 3.63) is 70.9 Å². The molecule has 1 aromatic carbocycles. The Bertz CT molecular complexity index is 1020. The molecule has 124 valence electrons. The summed E-state index contributed by atoms with van der Waals surface area (Å²) in [4.78, 5) is 30.3. The molecule has 1 aliphatic heterocycles. The summed E-state index contributed by atoms with van der Waals surface area (Å²) in [7, 11) is 0. The molecule has 0 bridgehead atoms. The fourth-order valence-corrected chi connectivity index (χ4v) is 3.39. The molecular formula is C19H14FN3O2. The third-order valence-electron chi connectivity index (χ3n) is 4.82. The molecule has 0 N–H and O–H groups in total. The smallest absolute Gasteiger partial charge is 0.261 e. The van der Waals surface area contributed by atoms with Crippen LogP contribution in [0.5, 0.6) is 0 Å². The molecule has 2 aliphatic rings. The summed E-state index contributed by atoms with van der Waals surface area (Å²) in [6.07, 6.45) is 5.74. The Kier molecular flexibility index (Phi) is 2.86. The van der Waals surface area contributed by atoms with E-state index in [9.17, 15) is 14.0 Å². The van der Waals surface area contributed by atoms with E-state index < -0.39 is 0 Å². The van der Waals surface area contributed by atoms with Crippen LogP contribution >= 0.6 is 0 Å². The number of hydrogen-bond donors (Lipinski definition) is 0. The average Bonchev–Trinajstić information content (AvgIpc) is 3.34. The fourth-order valence-electron chi connectivity index (χ4n) is 3.39. The normalized spacial score (nSPS) is 16.8. The molecule has 1 aliphatic carbocycles. The van der Waals surface area contributed by atoms with E-state index >= 15 is 0 Å². The molecular weight excluding hydrogens is 321 g/mol. The highest BCUT2D eigenvalue weighted by Crippen LogP contribution is 2.40. The highest BCUT2D eigenvalue weighted by atomic mass is 19.1. The summed E-state index contributed by atoms with van der Waals surface area (Å²) < 4.78 is 15.9. The van der Waals surface area contributed by atoms with Crippen molar-refractivity contribution in [3.8, 4) is 0 Å². The van der Waals surface area contributed by atoms with Crippen LogP contribution in [0.15, 0.2) is 42.7 Å². The maximum absolute atomic E-state index is 14.3. The minimum Gasteiger partial charge on any atom is -0.304 e. The Morgan fingerprint density at radius 2 is 1.76 bits per heavy atom. The van der Waals surface area contributed by atoms with Gasteiger partial charge in [-0.1, -0.05) is 12.1 Å². The number of aromatic nitrogens is 2. The van der Waals surface area contributed by atoms with Crippen molar-refractivity contribution in [3.63, 3.8) is 0 Å². The van der Waals surface area contributed by atoms with Crippen molar-refractivity contribution < 1.29 is 14.0 Å². The summed E-state index contributed by atoms with van der Waals surface area (Å²) >= 11 is 0. The largest absolute Gasteiger partial charge is 0.304 e. The number of halogens is 1. The zero-order valence-electron chi connectivity index (χ0n) is 13.3. The number of imidazole rings is 1. The molecule has 1 saturated carbocycles. The van der Waals surface area contributed by atoms with Gasteiger partial charge < -0.3 is 4.40 Å². The quantitative estimate of drug-likeness (QED) is 0.691. The number of amides is 2. The summed E-state index contributed by atoms with van der Waals surface area (Å²) in [5.41, 5.74) is 2.48. The number of benzene rings is 1. The van der Waals surface area contributed by atoms with Crippen molar-refractivity contribution in [1.82, 2.24) is 14.3 Å². The molecule has 0 unspecified atom stereocenters. The average molecular weight is 335 g/mol. The van der Waals surface area contributed by atoms with E-state index in [-0.39, 0.29) is 29.8 Å². The molecule has 5 nitrogen and oxygen atoms in total. The predicted octanol–water partition coefficient (Wildman–Crippen LogP) is 3.15. The number of nitrogens with zero attached hydrogens (tertiary/aromatic N) is 3. The molecule has 0 saturated heterocycles. The minimum absolute atomic E-state index is 0.0340. The van der Waals surface area contributed by atoms with Crippen LogP contribution in [0.4, 0.5) is 4.39 Å². The van der Waals surface area contributed by atoms with Crippen molar-refractivity contribution in [2.45, 2.75) is 25.3 Å². The second kappa shape index (κ2) is 4.99. The van der Waals surface area contributed by atoms with Gasteiger partial charge in [0.2, 0.25) is 0 Å². The lowest BCUT2D eigenvalue weighted by molar-refractivity contribution is 0.0640.